The first kappa shape index (κ1) is 19.2. The van der Waals surface area contributed by atoms with Crippen molar-refractivity contribution in [1.29, 1.82) is 0 Å². The van der Waals surface area contributed by atoms with Gasteiger partial charge in [-0.05, 0) is 33.1 Å². The highest BCUT2D eigenvalue weighted by atomic mass is 16.3. The summed E-state index contributed by atoms with van der Waals surface area (Å²) in [5.74, 6) is 0.338. The minimum Gasteiger partial charge on any atom is -0.507 e. The molecule has 1 N–H and O–H groups in total. The quantitative estimate of drug-likeness (QED) is 0.509. The highest BCUT2D eigenvalue weighted by molar-refractivity contribution is 5.82. The van der Waals surface area contributed by atoms with Gasteiger partial charge in [0.2, 0.25) is 0 Å². The first-order valence-electron chi connectivity index (χ1n) is 9.61. The summed E-state index contributed by atoms with van der Waals surface area (Å²) in [6, 6.07) is 23.0. The van der Waals surface area contributed by atoms with E-state index < -0.39 is 0 Å². The molecule has 0 bridgehead atoms. The number of phenolic OH excluding ortho intramolecular Hbond substituents is 1. The lowest BCUT2D eigenvalue weighted by atomic mass is 9.85. The minimum absolute atomic E-state index is 0.122. The van der Waals surface area contributed by atoms with Gasteiger partial charge in [-0.15, -0.1) is 0 Å². The second-order valence-corrected chi connectivity index (χ2v) is 9.36. The number of rotatable bonds is 2. The highest BCUT2D eigenvalue weighted by Gasteiger charge is 2.16. The molecular formula is C26H30O. The average Bonchev–Trinajstić information content (AvgIpc) is 2.61. The Morgan fingerprint density at radius 2 is 0.852 bits per heavy atom. The molecule has 140 valence electrons. The number of hydrogen-bond donors (Lipinski definition) is 1. The molecule has 3 aromatic rings. The third-order valence-corrected chi connectivity index (χ3v) is 5.16. The van der Waals surface area contributed by atoms with E-state index in [1.54, 1.807) is 0 Å². The SMILES string of the molecule is CC(C)(C)c1ccc(-c2cccc(-c3ccc(C(C)(C)C)cc3)c2O)cc1. The highest BCUT2D eigenvalue weighted by Crippen LogP contribution is 2.39. The van der Waals surface area contributed by atoms with Crippen molar-refractivity contribution in [2.45, 2.75) is 52.4 Å². The van der Waals surface area contributed by atoms with Crippen LogP contribution in [0.15, 0.2) is 66.7 Å². The van der Waals surface area contributed by atoms with Crippen molar-refractivity contribution in [2.75, 3.05) is 0 Å². The first-order valence-corrected chi connectivity index (χ1v) is 9.61. The number of phenols is 1. The summed E-state index contributed by atoms with van der Waals surface area (Å²) in [6.45, 7) is 13.3. The lowest BCUT2D eigenvalue weighted by Crippen LogP contribution is -2.10. The fraction of sp³-hybridized carbons (Fsp3) is 0.308. The summed E-state index contributed by atoms with van der Waals surface area (Å²) in [7, 11) is 0. The predicted octanol–water partition coefficient (Wildman–Crippen LogP) is 7.32. The van der Waals surface area contributed by atoms with Crippen LogP contribution >= 0.6 is 0 Å². The maximum absolute atomic E-state index is 11.0. The third kappa shape index (κ3) is 4.08. The van der Waals surface area contributed by atoms with Crippen molar-refractivity contribution in [2.24, 2.45) is 0 Å². The van der Waals surface area contributed by atoms with Gasteiger partial charge in [-0.1, -0.05) is 108 Å². The normalized spacial score (nSPS) is 12.2. The molecule has 1 heteroatoms. The Morgan fingerprint density at radius 3 is 1.15 bits per heavy atom. The summed E-state index contributed by atoms with van der Waals surface area (Å²) in [4.78, 5) is 0. The van der Waals surface area contributed by atoms with E-state index in [0.29, 0.717) is 5.75 Å². The van der Waals surface area contributed by atoms with Crippen LogP contribution in [-0.2, 0) is 10.8 Å². The Balaban J connectivity index is 1.99. The second-order valence-electron chi connectivity index (χ2n) is 9.36. The Morgan fingerprint density at radius 1 is 0.519 bits per heavy atom. The fourth-order valence-electron chi connectivity index (χ4n) is 3.31. The van der Waals surface area contributed by atoms with Crippen LogP contribution in [0.1, 0.15) is 52.7 Å². The summed E-state index contributed by atoms with van der Waals surface area (Å²) in [5.41, 5.74) is 6.64. The molecule has 0 radical (unpaired) electrons. The predicted molar refractivity (Wildman–Crippen MR) is 116 cm³/mol. The summed E-state index contributed by atoms with van der Waals surface area (Å²) >= 11 is 0. The van der Waals surface area contributed by atoms with Crippen molar-refractivity contribution in [1.82, 2.24) is 0 Å². The van der Waals surface area contributed by atoms with Crippen LogP contribution in [-0.4, -0.2) is 5.11 Å². The Hall–Kier alpha value is -2.54. The Bertz CT molecular complexity index is 842. The first-order chi connectivity index (χ1) is 12.6. The van der Waals surface area contributed by atoms with Gasteiger partial charge in [-0.25, -0.2) is 0 Å². The molecule has 0 aromatic heterocycles. The number of aromatic hydroxyl groups is 1. The van der Waals surface area contributed by atoms with Crippen molar-refractivity contribution >= 4 is 0 Å². The number of benzene rings is 3. The topological polar surface area (TPSA) is 20.2 Å². The average molecular weight is 359 g/mol. The van der Waals surface area contributed by atoms with Crippen molar-refractivity contribution in [3.05, 3.63) is 77.9 Å². The van der Waals surface area contributed by atoms with Crippen molar-refractivity contribution in [3.8, 4) is 28.0 Å². The van der Waals surface area contributed by atoms with Crippen LogP contribution in [0.4, 0.5) is 0 Å². The molecule has 0 aliphatic rings. The molecule has 1 nitrogen and oxygen atoms in total. The van der Waals surface area contributed by atoms with E-state index in [2.05, 4.69) is 90.1 Å². The molecule has 0 aliphatic heterocycles. The Kier molecular flexibility index (Phi) is 4.90. The zero-order valence-electron chi connectivity index (χ0n) is 17.3. The molecule has 3 aromatic carbocycles. The molecule has 0 saturated carbocycles. The van der Waals surface area contributed by atoms with E-state index in [4.69, 9.17) is 0 Å². The third-order valence-electron chi connectivity index (χ3n) is 5.16. The van der Waals surface area contributed by atoms with Gasteiger partial charge >= 0.3 is 0 Å². The van der Waals surface area contributed by atoms with E-state index >= 15 is 0 Å². The van der Waals surface area contributed by atoms with E-state index in [1.807, 2.05) is 18.2 Å². The smallest absolute Gasteiger partial charge is 0.131 e. The maximum Gasteiger partial charge on any atom is 0.131 e. The van der Waals surface area contributed by atoms with Gasteiger partial charge in [-0.3, -0.25) is 0 Å². The van der Waals surface area contributed by atoms with Gasteiger partial charge in [0.25, 0.3) is 0 Å². The standard InChI is InChI=1S/C26H30O/c1-25(2,3)20-14-10-18(11-15-20)22-8-7-9-23(24(22)27)19-12-16-21(17-13-19)26(4,5)6/h7-17,27H,1-6H3. The largest absolute Gasteiger partial charge is 0.507 e. The zero-order valence-corrected chi connectivity index (χ0v) is 17.3. The van der Waals surface area contributed by atoms with E-state index in [0.717, 1.165) is 22.3 Å². The van der Waals surface area contributed by atoms with Crippen molar-refractivity contribution < 1.29 is 5.11 Å². The van der Waals surface area contributed by atoms with Gasteiger partial charge in [0.15, 0.2) is 0 Å². The van der Waals surface area contributed by atoms with Crippen LogP contribution in [0.2, 0.25) is 0 Å². The van der Waals surface area contributed by atoms with E-state index in [-0.39, 0.29) is 10.8 Å². The lowest BCUT2D eigenvalue weighted by molar-refractivity contribution is 0.479. The van der Waals surface area contributed by atoms with Gasteiger partial charge in [-0.2, -0.15) is 0 Å². The van der Waals surface area contributed by atoms with Crippen LogP contribution in [0, 0.1) is 0 Å². The fourth-order valence-corrected chi connectivity index (χ4v) is 3.31. The molecule has 0 unspecified atom stereocenters. The Labute approximate surface area is 163 Å². The molecule has 0 atom stereocenters. The molecule has 0 fully saturated rings. The van der Waals surface area contributed by atoms with Crippen LogP contribution in [0.3, 0.4) is 0 Å². The lowest BCUT2D eigenvalue weighted by Gasteiger charge is -2.20. The number of para-hydroxylation sites is 1. The maximum atomic E-state index is 11.0. The van der Waals surface area contributed by atoms with Gasteiger partial charge in [0, 0.05) is 11.1 Å². The van der Waals surface area contributed by atoms with Crippen molar-refractivity contribution in [3.63, 3.8) is 0 Å². The molecular weight excluding hydrogens is 328 g/mol. The molecule has 0 spiro atoms. The number of hydrogen-bond acceptors (Lipinski definition) is 1. The van der Waals surface area contributed by atoms with Gasteiger partial charge in [0.05, 0.1) is 0 Å². The summed E-state index contributed by atoms with van der Waals surface area (Å²) in [5, 5.41) is 11.0. The second kappa shape index (κ2) is 6.88. The summed E-state index contributed by atoms with van der Waals surface area (Å²) < 4.78 is 0. The molecule has 0 aliphatic carbocycles. The molecule has 0 amide bonds. The van der Waals surface area contributed by atoms with E-state index in [1.165, 1.54) is 11.1 Å². The minimum atomic E-state index is 0.122. The molecule has 3 rings (SSSR count). The molecule has 0 saturated heterocycles. The monoisotopic (exact) mass is 358 g/mol. The summed E-state index contributed by atoms with van der Waals surface area (Å²) in [6.07, 6.45) is 0. The van der Waals surface area contributed by atoms with Crippen LogP contribution in [0.5, 0.6) is 5.75 Å². The molecule has 0 heterocycles. The van der Waals surface area contributed by atoms with Gasteiger partial charge < -0.3 is 5.11 Å². The van der Waals surface area contributed by atoms with E-state index in [9.17, 15) is 5.11 Å². The molecule has 27 heavy (non-hydrogen) atoms. The van der Waals surface area contributed by atoms with Gasteiger partial charge in [0.1, 0.15) is 5.75 Å². The zero-order chi connectivity index (χ0) is 19.8. The van der Waals surface area contributed by atoms with Crippen LogP contribution in [0.25, 0.3) is 22.3 Å². The van der Waals surface area contributed by atoms with Crippen LogP contribution < -0.4 is 0 Å².